The maximum absolute atomic E-state index is 13.2. The lowest BCUT2D eigenvalue weighted by Gasteiger charge is -2.10. The summed E-state index contributed by atoms with van der Waals surface area (Å²) in [7, 11) is 0. The minimum Gasteiger partial charge on any atom is -0.311 e. The molecule has 0 aliphatic rings. The van der Waals surface area contributed by atoms with Crippen molar-refractivity contribution >= 4 is 11.8 Å². The molecule has 0 amide bonds. The first-order chi connectivity index (χ1) is 7.13. The standard InChI is InChI=1S/C11H15F2NS/c1-8(15-2)6-14-7-9-3-4-10(12)5-11(9)13/h3-5,8,14H,6-7H2,1-2H3. The number of benzene rings is 1. The Balaban J connectivity index is 2.44. The van der Waals surface area contributed by atoms with Crippen LogP contribution in [0.15, 0.2) is 18.2 Å². The Labute approximate surface area is 93.3 Å². The second kappa shape index (κ2) is 6.08. The van der Waals surface area contributed by atoms with E-state index in [-0.39, 0.29) is 0 Å². The van der Waals surface area contributed by atoms with Crippen LogP contribution >= 0.6 is 11.8 Å². The first-order valence-electron chi connectivity index (χ1n) is 4.81. The third-order valence-corrected chi connectivity index (χ3v) is 3.14. The lowest BCUT2D eigenvalue weighted by molar-refractivity contribution is 0.560. The summed E-state index contributed by atoms with van der Waals surface area (Å²) in [6.07, 6.45) is 2.03. The summed E-state index contributed by atoms with van der Waals surface area (Å²) in [6.45, 7) is 3.35. The van der Waals surface area contributed by atoms with Gasteiger partial charge in [0.2, 0.25) is 0 Å². The quantitative estimate of drug-likeness (QED) is 0.836. The number of halogens is 2. The van der Waals surface area contributed by atoms with Crippen LogP contribution < -0.4 is 5.32 Å². The van der Waals surface area contributed by atoms with Crippen LogP contribution in [0.4, 0.5) is 8.78 Å². The minimum atomic E-state index is -0.534. The van der Waals surface area contributed by atoms with Crippen molar-refractivity contribution in [2.24, 2.45) is 0 Å². The first-order valence-corrected chi connectivity index (χ1v) is 6.09. The van der Waals surface area contributed by atoms with Crippen molar-refractivity contribution in [3.8, 4) is 0 Å². The van der Waals surface area contributed by atoms with Crippen molar-refractivity contribution < 1.29 is 8.78 Å². The summed E-state index contributed by atoms with van der Waals surface area (Å²) >= 11 is 1.75. The van der Waals surface area contributed by atoms with E-state index in [1.54, 1.807) is 11.8 Å². The molecule has 0 aliphatic carbocycles. The van der Waals surface area contributed by atoms with E-state index in [9.17, 15) is 8.78 Å². The molecule has 15 heavy (non-hydrogen) atoms. The molecule has 1 nitrogen and oxygen atoms in total. The molecule has 1 aromatic carbocycles. The van der Waals surface area contributed by atoms with Gasteiger partial charge in [0.1, 0.15) is 11.6 Å². The Morgan fingerprint density at radius 2 is 2.13 bits per heavy atom. The number of thioether (sulfide) groups is 1. The molecule has 0 spiro atoms. The third-order valence-electron chi connectivity index (χ3n) is 2.16. The second-order valence-electron chi connectivity index (χ2n) is 3.41. The van der Waals surface area contributed by atoms with E-state index in [1.807, 2.05) is 6.26 Å². The van der Waals surface area contributed by atoms with Gasteiger partial charge >= 0.3 is 0 Å². The molecule has 1 aromatic rings. The fraction of sp³-hybridized carbons (Fsp3) is 0.455. The molecule has 0 fully saturated rings. The lowest BCUT2D eigenvalue weighted by atomic mass is 10.2. The van der Waals surface area contributed by atoms with Gasteiger partial charge in [0.25, 0.3) is 0 Å². The highest BCUT2D eigenvalue weighted by Gasteiger charge is 2.04. The Bertz CT molecular complexity index is 317. The van der Waals surface area contributed by atoms with Gasteiger partial charge in [0.15, 0.2) is 0 Å². The lowest BCUT2D eigenvalue weighted by Crippen LogP contribution is -2.22. The topological polar surface area (TPSA) is 12.0 Å². The highest BCUT2D eigenvalue weighted by atomic mass is 32.2. The smallest absolute Gasteiger partial charge is 0.130 e. The van der Waals surface area contributed by atoms with Crippen LogP contribution in [0.1, 0.15) is 12.5 Å². The van der Waals surface area contributed by atoms with Crippen LogP contribution in [0.25, 0.3) is 0 Å². The molecule has 0 radical (unpaired) electrons. The summed E-state index contributed by atoms with van der Waals surface area (Å²) in [5.41, 5.74) is 0.504. The number of nitrogens with one attached hydrogen (secondary N) is 1. The molecule has 1 N–H and O–H groups in total. The molecule has 1 rings (SSSR count). The molecular weight excluding hydrogens is 216 g/mol. The Morgan fingerprint density at radius 3 is 2.73 bits per heavy atom. The van der Waals surface area contributed by atoms with Gasteiger partial charge in [0, 0.05) is 30.0 Å². The molecular formula is C11H15F2NS. The van der Waals surface area contributed by atoms with E-state index in [0.29, 0.717) is 17.4 Å². The largest absolute Gasteiger partial charge is 0.311 e. The van der Waals surface area contributed by atoms with Crippen LogP contribution in [0.5, 0.6) is 0 Å². The predicted octanol–water partition coefficient (Wildman–Crippen LogP) is 2.81. The average Bonchev–Trinajstić information content (AvgIpc) is 2.21. The summed E-state index contributed by atoms with van der Waals surface area (Å²) in [5, 5.41) is 3.62. The van der Waals surface area contributed by atoms with Crippen molar-refractivity contribution in [3.63, 3.8) is 0 Å². The van der Waals surface area contributed by atoms with E-state index < -0.39 is 11.6 Å². The van der Waals surface area contributed by atoms with E-state index in [2.05, 4.69) is 12.2 Å². The molecule has 1 atom stereocenters. The monoisotopic (exact) mass is 231 g/mol. The summed E-state index contributed by atoms with van der Waals surface area (Å²) < 4.78 is 25.8. The number of hydrogen-bond acceptors (Lipinski definition) is 2. The van der Waals surface area contributed by atoms with Crippen molar-refractivity contribution in [3.05, 3.63) is 35.4 Å². The summed E-state index contributed by atoms with van der Waals surface area (Å²) in [6, 6.07) is 3.66. The zero-order valence-corrected chi connectivity index (χ0v) is 9.70. The van der Waals surface area contributed by atoms with E-state index in [1.165, 1.54) is 12.1 Å². The van der Waals surface area contributed by atoms with Crippen molar-refractivity contribution in [2.75, 3.05) is 12.8 Å². The fourth-order valence-electron chi connectivity index (χ4n) is 1.16. The maximum atomic E-state index is 13.2. The van der Waals surface area contributed by atoms with Crippen molar-refractivity contribution in [1.29, 1.82) is 0 Å². The normalized spacial score (nSPS) is 12.8. The van der Waals surface area contributed by atoms with Crippen LogP contribution in [0, 0.1) is 11.6 Å². The van der Waals surface area contributed by atoms with E-state index in [0.717, 1.165) is 12.6 Å². The van der Waals surface area contributed by atoms with Crippen LogP contribution in [0.3, 0.4) is 0 Å². The Hall–Kier alpha value is -0.610. The second-order valence-corrected chi connectivity index (χ2v) is 4.69. The number of hydrogen-bond donors (Lipinski definition) is 1. The molecule has 84 valence electrons. The zero-order chi connectivity index (χ0) is 11.3. The molecule has 0 saturated heterocycles. The first kappa shape index (κ1) is 12.5. The molecule has 0 aliphatic heterocycles. The highest BCUT2D eigenvalue weighted by Crippen LogP contribution is 2.09. The van der Waals surface area contributed by atoms with Gasteiger partial charge < -0.3 is 5.32 Å². The van der Waals surface area contributed by atoms with Gasteiger partial charge in [-0.2, -0.15) is 11.8 Å². The third kappa shape index (κ3) is 4.18. The van der Waals surface area contributed by atoms with Gasteiger partial charge in [-0.1, -0.05) is 13.0 Å². The van der Waals surface area contributed by atoms with Crippen LogP contribution in [-0.4, -0.2) is 18.1 Å². The number of rotatable bonds is 5. The Kier molecular flexibility index (Phi) is 5.05. The SMILES string of the molecule is CSC(C)CNCc1ccc(F)cc1F. The van der Waals surface area contributed by atoms with Crippen LogP contribution in [0.2, 0.25) is 0 Å². The predicted molar refractivity (Wildman–Crippen MR) is 61.0 cm³/mol. The van der Waals surface area contributed by atoms with E-state index in [4.69, 9.17) is 0 Å². The van der Waals surface area contributed by atoms with Gasteiger partial charge in [-0.15, -0.1) is 0 Å². The fourth-order valence-corrected chi connectivity index (χ4v) is 1.44. The maximum Gasteiger partial charge on any atom is 0.130 e. The van der Waals surface area contributed by atoms with Crippen LogP contribution in [-0.2, 0) is 6.54 Å². The zero-order valence-electron chi connectivity index (χ0n) is 8.89. The highest BCUT2D eigenvalue weighted by molar-refractivity contribution is 7.99. The van der Waals surface area contributed by atoms with Gasteiger partial charge in [-0.3, -0.25) is 0 Å². The van der Waals surface area contributed by atoms with E-state index >= 15 is 0 Å². The molecule has 4 heteroatoms. The van der Waals surface area contributed by atoms with Gasteiger partial charge in [0.05, 0.1) is 0 Å². The van der Waals surface area contributed by atoms with Gasteiger partial charge in [-0.05, 0) is 12.3 Å². The van der Waals surface area contributed by atoms with Crippen molar-refractivity contribution in [2.45, 2.75) is 18.7 Å². The minimum absolute atomic E-state index is 0.441. The van der Waals surface area contributed by atoms with Gasteiger partial charge in [-0.25, -0.2) is 8.78 Å². The molecule has 0 heterocycles. The molecule has 0 saturated carbocycles. The molecule has 1 unspecified atom stereocenters. The van der Waals surface area contributed by atoms with Crippen molar-refractivity contribution in [1.82, 2.24) is 5.32 Å². The summed E-state index contributed by atoms with van der Waals surface area (Å²) in [4.78, 5) is 0. The summed E-state index contributed by atoms with van der Waals surface area (Å²) in [5.74, 6) is -1.02. The Morgan fingerprint density at radius 1 is 1.40 bits per heavy atom. The average molecular weight is 231 g/mol. The molecule has 0 aromatic heterocycles. The molecule has 0 bridgehead atoms.